The van der Waals surface area contributed by atoms with Crippen LogP contribution in [-0.2, 0) is 4.79 Å². The van der Waals surface area contributed by atoms with E-state index in [1.165, 1.54) is 0 Å². The molecule has 0 unspecified atom stereocenters. The Hall–Kier alpha value is -1.84. The van der Waals surface area contributed by atoms with Gasteiger partial charge >= 0.3 is 0 Å². The molecule has 0 fully saturated rings. The Kier molecular flexibility index (Phi) is 5.36. The molecule has 98 valence electrons. The summed E-state index contributed by atoms with van der Waals surface area (Å²) in [4.78, 5) is 22.9. The van der Waals surface area contributed by atoms with E-state index in [9.17, 15) is 9.59 Å². The van der Waals surface area contributed by atoms with Crippen molar-refractivity contribution in [2.45, 2.75) is 27.2 Å². The predicted octanol–water partition coefficient (Wildman–Crippen LogP) is 2.42. The van der Waals surface area contributed by atoms with Crippen LogP contribution in [0.2, 0.25) is 0 Å². The molecule has 4 heteroatoms. The smallest absolute Gasteiger partial charge is 0.251 e. The summed E-state index contributed by atoms with van der Waals surface area (Å²) in [5.74, 6) is 0.307. The first-order valence-corrected chi connectivity index (χ1v) is 6.21. The van der Waals surface area contributed by atoms with E-state index in [2.05, 4.69) is 10.6 Å². The van der Waals surface area contributed by atoms with Gasteiger partial charge in [0.05, 0.1) is 0 Å². The van der Waals surface area contributed by atoms with Gasteiger partial charge in [0.15, 0.2) is 0 Å². The number of carbonyl (C=O) groups excluding carboxylic acids is 2. The highest BCUT2D eigenvalue weighted by molar-refractivity contribution is 5.95. The second-order valence-electron chi connectivity index (χ2n) is 4.58. The summed E-state index contributed by atoms with van der Waals surface area (Å²) in [5.41, 5.74) is 1.31. The molecule has 0 aliphatic heterocycles. The van der Waals surface area contributed by atoms with E-state index >= 15 is 0 Å². The van der Waals surface area contributed by atoms with Crippen molar-refractivity contribution in [3.05, 3.63) is 29.8 Å². The van der Waals surface area contributed by atoms with Gasteiger partial charge in [0.2, 0.25) is 5.91 Å². The standard InChI is InChI=1S/C14H20N2O2/c1-4-13(17)16-12-7-5-11(6-8-12)14(18)15-9-10(2)3/h5-8,10H,4,9H2,1-3H3,(H,15,18)(H,16,17). The molecule has 0 bridgehead atoms. The summed E-state index contributed by atoms with van der Waals surface area (Å²) < 4.78 is 0. The normalized spacial score (nSPS) is 10.2. The Morgan fingerprint density at radius 1 is 1.17 bits per heavy atom. The molecule has 1 rings (SSSR count). The Morgan fingerprint density at radius 3 is 2.28 bits per heavy atom. The Morgan fingerprint density at radius 2 is 1.78 bits per heavy atom. The van der Waals surface area contributed by atoms with Crippen molar-refractivity contribution in [1.29, 1.82) is 0 Å². The average Bonchev–Trinajstić information content (AvgIpc) is 2.36. The van der Waals surface area contributed by atoms with Crippen molar-refractivity contribution in [3.8, 4) is 0 Å². The molecule has 0 saturated carbocycles. The molecule has 1 aromatic carbocycles. The van der Waals surface area contributed by atoms with Gasteiger partial charge in [-0.3, -0.25) is 9.59 Å². The third kappa shape index (κ3) is 4.57. The third-order valence-electron chi connectivity index (χ3n) is 2.42. The highest BCUT2D eigenvalue weighted by Crippen LogP contribution is 2.10. The topological polar surface area (TPSA) is 58.2 Å². The van der Waals surface area contributed by atoms with Gasteiger partial charge in [-0.15, -0.1) is 0 Å². The maximum atomic E-state index is 11.7. The van der Waals surface area contributed by atoms with Crippen LogP contribution in [-0.4, -0.2) is 18.4 Å². The maximum absolute atomic E-state index is 11.7. The minimum absolute atomic E-state index is 0.0352. The fraction of sp³-hybridized carbons (Fsp3) is 0.429. The van der Waals surface area contributed by atoms with Crippen LogP contribution >= 0.6 is 0 Å². The molecule has 0 aromatic heterocycles. The fourth-order valence-corrected chi connectivity index (χ4v) is 1.35. The summed E-state index contributed by atoms with van der Waals surface area (Å²) in [6.45, 7) is 6.55. The summed E-state index contributed by atoms with van der Waals surface area (Å²) >= 11 is 0. The van der Waals surface area contributed by atoms with E-state index in [0.29, 0.717) is 30.1 Å². The van der Waals surface area contributed by atoms with Crippen LogP contribution < -0.4 is 10.6 Å². The van der Waals surface area contributed by atoms with Crippen LogP contribution in [0.25, 0.3) is 0 Å². The lowest BCUT2D eigenvalue weighted by atomic mass is 10.1. The van der Waals surface area contributed by atoms with Crippen molar-refractivity contribution in [1.82, 2.24) is 5.32 Å². The minimum Gasteiger partial charge on any atom is -0.352 e. The maximum Gasteiger partial charge on any atom is 0.251 e. The van der Waals surface area contributed by atoms with Crippen molar-refractivity contribution < 1.29 is 9.59 Å². The van der Waals surface area contributed by atoms with E-state index in [1.807, 2.05) is 13.8 Å². The van der Waals surface area contributed by atoms with Crippen LogP contribution in [0.1, 0.15) is 37.6 Å². The van der Waals surface area contributed by atoms with Gasteiger partial charge in [-0.2, -0.15) is 0 Å². The van der Waals surface area contributed by atoms with Gasteiger partial charge in [-0.25, -0.2) is 0 Å². The quantitative estimate of drug-likeness (QED) is 0.840. The summed E-state index contributed by atoms with van der Waals surface area (Å²) in [6, 6.07) is 6.89. The zero-order valence-electron chi connectivity index (χ0n) is 11.1. The van der Waals surface area contributed by atoms with Crippen LogP contribution in [0.4, 0.5) is 5.69 Å². The van der Waals surface area contributed by atoms with E-state index in [4.69, 9.17) is 0 Å². The molecule has 1 aromatic rings. The van der Waals surface area contributed by atoms with Crippen LogP contribution in [0, 0.1) is 5.92 Å². The lowest BCUT2D eigenvalue weighted by molar-refractivity contribution is -0.115. The van der Waals surface area contributed by atoms with Gasteiger partial charge in [0.1, 0.15) is 0 Å². The lowest BCUT2D eigenvalue weighted by Gasteiger charge is -2.08. The Balaban J connectivity index is 2.59. The number of nitrogens with one attached hydrogen (secondary N) is 2. The first-order valence-electron chi connectivity index (χ1n) is 6.21. The van der Waals surface area contributed by atoms with Gasteiger partial charge in [-0.1, -0.05) is 20.8 Å². The third-order valence-corrected chi connectivity index (χ3v) is 2.42. The number of benzene rings is 1. The molecule has 0 radical (unpaired) electrons. The number of hydrogen-bond donors (Lipinski definition) is 2. The van der Waals surface area contributed by atoms with Crippen molar-refractivity contribution in [3.63, 3.8) is 0 Å². The summed E-state index contributed by atoms with van der Waals surface area (Å²) in [6.07, 6.45) is 0.441. The van der Waals surface area contributed by atoms with Gasteiger partial charge < -0.3 is 10.6 Å². The molecular weight excluding hydrogens is 228 g/mol. The number of rotatable bonds is 5. The number of amides is 2. The minimum atomic E-state index is -0.0860. The molecular formula is C14H20N2O2. The largest absolute Gasteiger partial charge is 0.352 e. The highest BCUT2D eigenvalue weighted by Gasteiger charge is 2.06. The van der Waals surface area contributed by atoms with Crippen molar-refractivity contribution in [2.24, 2.45) is 5.92 Å². The molecule has 18 heavy (non-hydrogen) atoms. The van der Waals surface area contributed by atoms with Crippen LogP contribution in [0.15, 0.2) is 24.3 Å². The molecule has 2 amide bonds. The first kappa shape index (κ1) is 14.2. The number of anilines is 1. The molecule has 2 N–H and O–H groups in total. The molecule has 0 heterocycles. The van der Waals surface area contributed by atoms with Gasteiger partial charge in [-0.05, 0) is 30.2 Å². The monoisotopic (exact) mass is 248 g/mol. The van der Waals surface area contributed by atoms with Crippen molar-refractivity contribution in [2.75, 3.05) is 11.9 Å². The SMILES string of the molecule is CCC(=O)Nc1ccc(C(=O)NCC(C)C)cc1. The molecule has 0 aliphatic rings. The lowest BCUT2D eigenvalue weighted by Crippen LogP contribution is -2.27. The number of hydrogen-bond acceptors (Lipinski definition) is 2. The van der Waals surface area contributed by atoms with E-state index in [0.717, 1.165) is 0 Å². The molecule has 0 aliphatic carbocycles. The highest BCUT2D eigenvalue weighted by atomic mass is 16.2. The molecule has 0 saturated heterocycles. The zero-order chi connectivity index (χ0) is 13.5. The van der Waals surface area contributed by atoms with E-state index < -0.39 is 0 Å². The van der Waals surface area contributed by atoms with Crippen molar-refractivity contribution >= 4 is 17.5 Å². The van der Waals surface area contributed by atoms with Gasteiger partial charge in [0.25, 0.3) is 5.91 Å². The second-order valence-corrected chi connectivity index (χ2v) is 4.58. The summed E-state index contributed by atoms with van der Waals surface area (Å²) in [7, 11) is 0. The average molecular weight is 248 g/mol. The Labute approximate surface area is 108 Å². The van der Waals surface area contributed by atoms with Crippen LogP contribution in [0.3, 0.4) is 0 Å². The van der Waals surface area contributed by atoms with Crippen LogP contribution in [0.5, 0.6) is 0 Å². The molecule has 0 spiro atoms. The second kappa shape index (κ2) is 6.79. The molecule has 0 atom stereocenters. The summed E-state index contributed by atoms with van der Waals surface area (Å²) in [5, 5.41) is 5.58. The fourth-order valence-electron chi connectivity index (χ4n) is 1.35. The van der Waals surface area contributed by atoms with Gasteiger partial charge in [0, 0.05) is 24.2 Å². The number of carbonyl (C=O) groups is 2. The zero-order valence-corrected chi connectivity index (χ0v) is 11.1. The van der Waals surface area contributed by atoms with E-state index in [1.54, 1.807) is 31.2 Å². The predicted molar refractivity (Wildman–Crippen MR) is 72.5 cm³/mol. The van der Waals surface area contributed by atoms with E-state index in [-0.39, 0.29) is 11.8 Å². The first-order chi connectivity index (χ1) is 8.52. The molecule has 4 nitrogen and oxygen atoms in total. The Bertz CT molecular complexity index is 410.